The highest BCUT2D eigenvalue weighted by Gasteiger charge is 2.05. The van der Waals surface area contributed by atoms with E-state index in [9.17, 15) is 9.50 Å². The summed E-state index contributed by atoms with van der Waals surface area (Å²) in [5.41, 5.74) is 1.45. The summed E-state index contributed by atoms with van der Waals surface area (Å²) in [5, 5.41) is 12.6. The maximum Gasteiger partial charge on any atom is 0.165 e. The van der Waals surface area contributed by atoms with Crippen molar-refractivity contribution in [1.29, 1.82) is 0 Å². The molecule has 0 aromatic heterocycles. The SMILES string of the molecule is Oc1c(F)cccc1CNc1ccc(Br)cc1. The van der Waals surface area contributed by atoms with Crippen LogP contribution >= 0.6 is 15.9 Å². The maximum atomic E-state index is 13.1. The minimum Gasteiger partial charge on any atom is -0.505 e. The topological polar surface area (TPSA) is 32.3 Å². The van der Waals surface area contributed by atoms with Crippen LogP contribution < -0.4 is 5.32 Å². The number of hydrogen-bond donors (Lipinski definition) is 2. The molecule has 0 unspecified atom stereocenters. The van der Waals surface area contributed by atoms with E-state index >= 15 is 0 Å². The van der Waals surface area contributed by atoms with Crippen LogP contribution in [0.15, 0.2) is 46.9 Å². The van der Waals surface area contributed by atoms with Crippen molar-refractivity contribution in [3.8, 4) is 5.75 Å². The zero-order chi connectivity index (χ0) is 12.3. The van der Waals surface area contributed by atoms with Crippen LogP contribution in [0.4, 0.5) is 10.1 Å². The largest absolute Gasteiger partial charge is 0.505 e. The van der Waals surface area contributed by atoms with E-state index in [0.717, 1.165) is 10.2 Å². The molecule has 0 saturated carbocycles. The van der Waals surface area contributed by atoms with E-state index < -0.39 is 5.82 Å². The summed E-state index contributed by atoms with van der Waals surface area (Å²) in [6.45, 7) is 0.380. The average molecular weight is 296 g/mol. The lowest BCUT2D eigenvalue weighted by Crippen LogP contribution is -2.00. The summed E-state index contributed by atoms with van der Waals surface area (Å²) in [4.78, 5) is 0. The third-order valence-electron chi connectivity index (χ3n) is 2.40. The Bertz CT molecular complexity index is 513. The van der Waals surface area contributed by atoms with Gasteiger partial charge in [-0.05, 0) is 30.3 Å². The molecule has 2 aromatic rings. The number of anilines is 1. The lowest BCUT2D eigenvalue weighted by molar-refractivity contribution is 0.427. The van der Waals surface area contributed by atoms with Crippen molar-refractivity contribution in [3.63, 3.8) is 0 Å². The Kier molecular flexibility index (Phi) is 3.64. The van der Waals surface area contributed by atoms with Crippen LogP contribution in [-0.2, 0) is 6.54 Å². The number of phenols is 1. The molecule has 0 spiro atoms. The highest BCUT2D eigenvalue weighted by atomic mass is 79.9. The normalized spacial score (nSPS) is 10.2. The number of benzene rings is 2. The monoisotopic (exact) mass is 295 g/mol. The minimum absolute atomic E-state index is 0.294. The van der Waals surface area contributed by atoms with Gasteiger partial charge in [0.15, 0.2) is 11.6 Å². The summed E-state index contributed by atoms with van der Waals surface area (Å²) in [7, 11) is 0. The molecule has 0 radical (unpaired) electrons. The van der Waals surface area contributed by atoms with E-state index in [0.29, 0.717) is 12.1 Å². The Morgan fingerprint density at radius 3 is 2.53 bits per heavy atom. The van der Waals surface area contributed by atoms with Gasteiger partial charge < -0.3 is 10.4 Å². The van der Waals surface area contributed by atoms with Crippen molar-refractivity contribution in [2.45, 2.75) is 6.54 Å². The summed E-state index contributed by atoms with van der Waals surface area (Å²) < 4.78 is 14.1. The van der Waals surface area contributed by atoms with Crippen LogP contribution in [0.5, 0.6) is 5.75 Å². The smallest absolute Gasteiger partial charge is 0.165 e. The molecule has 2 N–H and O–H groups in total. The van der Waals surface area contributed by atoms with Crippen molar-refractivity contribution < 1.29 is 9.50 Å². The molecular weight excluding hydrogens is 285 g/mol. The average Bonchev–Trinajstić information content (AvgIpc) is 2.33. The molecule has 0 heterocycles. The first-order valence-electron chi connectivity index (χ1n) is 5.12. The Labute approximate surface area is 107 Å². The fraction of sp³-hybridized carbons (Fsp3) is 0.0769. The molecule has 0 saturated heterocycles. The van der Waals surface area contributed by atoms with Crippen LogP contribution in [0.3, 0.4) is 0 Å². The molecule has 0 bridgehead atoms. The minimum atomic E-state index is -0.597. The summed E-state index contributed by atoms with van der Waals surface area (Å²) in [6.07, 6.45) is 0. The Balaban J connectivity index is 2.07. The first kappa shape index (κ1) is 11.9. The summed E-state index contributed by atoms with van der Waals surface area (Å²) >= 11 is 3.35. The fourth-order valence-corrected chi connectivity index (χ4v) is 1.73. The van der Waals surface area contributed by atoms with Gasteiger partial charge in [0.25, 0.3) is 0 Å². The number of para-hydroxylation sites is 1. The van der Waals surface area contributed by atoms with E-state index in [2.05, 4.69) is 21.2 Å². The Hall–Kier alpha value is -1.55. The van der Waals surface area contributed by atoms with Gasteiger partial charge in [0.2, 0.25) is 0 Å². The second-order valence-electron chi connectivity index (χ2n) is 3.61. The second-order valence-corrected chi connectivity index (χ2v) is 4.52. The molecule has 0 aliphatic carbocycles. The molecule has 2 rings (SSSR count). The van der Waals surface area contributed by atoms with Gasteiger partial charge in [0.05, 0.1) is 0 Å². The molecule has 88 valence electrons. The first-order valence-corrected chi connectivity index (χ1v) is 5.92. The lowest BCUT2D eigenvalue weighted by atomic mass is 10.2. The van der Waals surface area contributed by atoms with Crippen LogP contribution in [-0.4, -0.2) is 5.11 Å². The van der Waals surface area contributed by atoms with Crippen molar-refractivity contribution in [3.05, 3.63) is 58.3 Å². The Morgan fingerprint density at radius 1 is 1.12 bits per heavy atom. The predicted octanol–water partition coefficient (Wildman–Crippen LogP) is 3.91. The van der Waals surface area contributed by atoms with E-state index in [-0.39, 0.29) is 5.75 Å². The van der Waals surface area contributed by atoms with Gasteiger partial charge in [0, 0.05) is 22.3 Å². The van der Waals surface area contributed by atoms with Gasteiger partial charge in [-0.15, -0.1) is 0 Å². The molecule has 0 fully saturated rings. The number of phenolic OH excluding ortho intramolecular Hbond substituents is 1. The van der Waals surface area contributed by atoms with Crippen molar-refractivity contribution in [2.75, 3.05) is 5.32 Å². The quantitative estimate of drug-likeness (QED) is 0.900. The molecule has 17 heavy (non-hydrogen) atoms. The fourth-order valence-electron chi connectivity index (χ4n) is 1.47. The van der Waals surface area contributed by atoms with Crippen LogP contribution in [0.1, 0.15) is 5.56 Å². The third-order valence-corrected chi connectivity index (χ3v) is 2.93. The Morgan fingerprint density at radius 2 is 1.82 bits per heavy atom. The summed E-state index contributed by atoms with van der Waals surface area (Å²) in [5.74, 6) is -0.891. The molecule has 2 aromatic carbocycles. The zero-order valence-electron chi connectivity index (χ0n) is 8.95. The number of halogens is 2. The molecule has 0 amide bonds. The van der Waals surface area contributed by atoms with Gasteiger partial charge in [-0.1, -0.05) is 28.1 Å². The predicted molar refractivity (Wildman–Crippen MR) is 69.5 cm³/mol. The van der Waals surface area contributed by atoms with Crippen molar-refractivity contribution in [1.82, 2.24) is 0 Å². The molecule has 4 heteroatoms. The van der Waals surface area contributed by atoms with Gasteiger partial charge in [-0.2, -0.15) is 0 Å². The number of aromatic hydroxyl groups is 1. The van der Waals surface area contributed by atoms with Gasteiger partial charge >= 0.3 is 0 Å². The lowest BCUT2D eigenvalue weighted by Gasteiger charge is -2.08. The van der Waals surface area contributed by atoms with E-state index in [1.54, 1.807) is 12.1 Å². The van der Waals surface area contributed by atoms with Crippen molar-refractivity contribution in [2.24, 2.45) is 0 Å². The zero-order valence-corrected chi connectivity index (χ0v) is 10.5. The molecule has 0 atom stereocenters. The number of hydrogen-bond acceptors (Lipinski definition) is 2. The number of rotatable bonds is 3. The van der Waals surface area contributed by atoms with E-state index in [1.807, 2.05) is 24.3 Å². The molecular formula is C13H11BrFNO. The van der Waals surface area contributed by atoms with Crippen LogP contribution in [0.2, 0.25) is 0 Å². The van der Waals surface area contributed by atoms with Gasteiger partial charge in [-0.25, -0.2) is 4.39 Å². The second kappa shape index (κ2) is 5.19. The highest BCUT2D eigenvalue weighted by Crippen LogP contribution is 2.22. The van der Waals surface area contributed by atoms with Gasteiger partial charge in [-0.3, -0.25) is 0 Å². The highest BCUT2D eigenvalue weighted by molar-refractivity contribution is 9.10. The molecule has 0 aliphatic heterocycles. The molecule has 2 nitrogen and oxygen atoms in total. The van der Waals surface area contributed by atoms with Crippen molar-refractivity contribution >= 4 is 21.6 Å². The maximum absolute atomic E-state index is 13.1. The summed E-state index contributed by atoms with van der Waals surface area (Å²) in [6, 6.07) is 12.1. The standard InChI is InChI=1S/C13H11BrFNO/c14-10-4-6-11(7-5-10)16-8-9-2-1-3-12(15)13(9)17/h1-7,16-17H,8H2. The van der Waals surface area contributed by atoms with E-state index in [1.165, 1.54) is 6.07 Å². The third kappa shape index (κ3) is 2.97. The first-order chi connectivity index (χ1) is 8.16. The van der Waals surface area contributed by atoms with E-state index in [4.69, 9.17) is 0 Å². The van der Waals surface area contributed by atoms with Crippen LogP contribution in [0.25, 0.3) is 0 Å². The van der Waals surface area contributed by atoms with Gasteiger partial charge in [0.1, 0.15) is 0 Å². The molecule has 0 aliphatic rings. The van der Waals surface area contributed by atoms with Crippen LogP contribution in [0, 0.1) is 5.82 Å². The number of nitrogens with one attached hydrogen (secondary N) is 1.